The molecule has 0 saturated heterocycles. The van der Waals surface area contributed by atoms with E-state index in [0.29, 0.717) is 0 Å². The molecule has 0 spiro atoms. The van der Waals surface area contributed by atoms with E-state index in [4.69, 9.17) is 18.6 Å². The zero-order valence-corrected chi connectivity index (χ0v) is 12.0. The Morgan fingerprint density at radius 2 is 1.42 bits per heavy atom. The summed E-state index contributed by atoms with van der Waals surface area (Å²) >= 11 is 0. The Labute approximate surface area is 113 Å². The zero-order chi connectivity index (χ0) is 14.9. The highest BCUT2D eigenvalue weighted by atomic mass is 32.2. The number of hydrogen-bond donors (Lipinski definition) is 2. The summed E-state index contributed by atoms with van der Waals surface area (Å²) in [4.78, 5) is 0. The van der Waals surface area contributed by atoms with E-state index in [1.165, 1.54) is 0 Å². The molecule has 1 atom stereocenters. The first-order valence-electron chi connectivity index (χ1n) is 5.53. The van der Waals surface area contributed by atoms with Gasteiger partial charge < -0.3 is 9.47 Å². The van der Waals surface area contributed by atoms with Gasteiger partial charge in [-0.05, 0) is 19.8 Å². The second-order valence-corrected chi connectivity index (χ2v) is 6.99. The van der Waals surface area contributed by atoms with Crippen LogP contribution in [0, 0.1) is 6.92 Å². The smallest absolute Gasteiger partial charge is 0.264 e. The lowest BCUT2D eigenvalue weighted by Crippen LogP contribution is -2.19. The summed E-state index contributed by atoms with van der Waals surface area (Å²) in [5.41, 5.74) is 0. The predicted molar refractivity (Wildman–Crippen MR) is 68.0 cm³/mol. The minimum Gasteiger partial charge on any atom is -0.379 e. The molecule has 8 nitrogen and oxygen atoms in total. The van der Waals surface area contributed by atoms with Gasteiger partial charge in [-0.2, -0.15) is 16.8 Å². The molecule has 0 bridgehead atoms. The molecule has 0 aliphatic carbocycles. The summed E-state index contributed by atoms with van der Waals surface area (Å²) in [5.74, 6) is -0.751. The maximum Gasteiger partial charge on any atom is 0.264 e. The number of rotatable bonds is 11. The largest absolute Gasteiger partial charge is 0.379 e. The maximum atomic E-state index is 10.4. The monoisotopic (exact) mass is 319 g/mol. The van der Waals surface area contributed by atoms with Crippen molar-refractivity contribution in [1.82, 2.24) is 0 Å². The molecule has 0 heterocycles. The molecule has 0 aliphatic heterocycles. The van der Waals surface area contributed by atoms with Crippen LogP contribution >= 0.6 is 0 Å². The highest BCUT2D eigenvalue weighted by Gasteiger charge is 2.07. The van der Waals surface area contributed by atoms with Gasteiger partial charge in [0.15, 0.2) is 0 Å². The summed E-state index contributed by atoms with van der Waals surface area (Å²) in [5, 5.41) is 0. The highest BCUT2D eigenvalue weighted by Crippen LogP contribution is 1.97. The third kappa shape index (κ3) is 15.7. The zero-order valence-electron chi connectivity index (χ0n) is 10.4. The van der Waals surface area contributed by atoms with Crippen LogP contribution in [0.25, 0.3) is 0 Å². The molecule has 0 aliphatic rings. The summed E-state index contributed by atoms with van der Waals surface area (Å²) < 4.78 is 68.6. The minimum atomic E-state index is -3.97. The van der Waals surface area contributed by atoms with Gasteiger partial charge in [0.05, 0.1) is 24.2 Å². The first-order chi connectivity index (χ1) is 8.60. The van der Waals surface area contributed by atoms with Gasteiger partial charge in [-0.1, -0.05) is 0 Å². The lowest BCUT2D eigenvalue weighted by Gasteiger charge is -2.12. The summed E-state index contributed by atoms with van der Waals surface area (Å²) in [7, 11) is -7.94. The van der Waals surface area contributed by atoms with E-state index >= 15 is 0 Å². The SMILES string of the molecule is [CH2]C(COCCCS(=O)(=O)O)OCCCS(=O)(=O)O. The highest BCUT2D eigenvalue weighted by molar-refractivity contribution is 7.86. The van der Waals surface area contributed by atoms with Crippen molar-refractivity contribution < 1.29 is 35.4 Å². The molecule has 0 saturated carbocycles. The molecular formula is C9H19O8S2. The molecule has 1 radical (unpaired) electrons. The lowest BCUT2D eigenvalue weighted by atomic mass is 10.4. The van der Waals surface area contributed by atoms with Gasteiger partial charge in [0.25, 0.3) is 20.2 Å². The molecule has 10 heteroatoms. The Bertz CT molecular complexity index is 427. The topological polar surface area (TPSA) is 127 Å². The molecule has 115 valence electrons. The predicted octanol–water partition coefficient (Wildman–Crippen LogP) is -0.222. The van der Waals surface area contributed by atoms with E-state index in [-0.39, 0.29) is 44.2 Å². The van der Waals surface area contributed by atoms with E-state index < -0.39 is 26.3 Å². The van der Waals surface area contributed by atoms with Crippen molar-refractivity contribution in [2.24, 2.45) is 0 Å². The molecule has 0 aromatic rings. The Hall–Kier alpha value is -0.260. The molecule has 2 N–H and O–H groups in total. The number of ether oxygens (including phenoxy) is 2. The van der Waals surface area contributed by atoms with Crippen molar-refractivity contribution in [3.8, 4) is 0 Å². The molecular weight excluding hydrogens is 300 g/mol. The van der Waals surface area contributed by atoms with Crippen LogP contribution in [0.1, 0.15) is 12.8 Å². The van der Waals surface area contributed by atoms with E-state index in [1.807, 2.05) is 0 Å². The second kappa shape index (κ2) is 8.82. The average molecular weight is 319 g/mol. The van der Waals surface area contributed by atoms with Crippen LogP contribution in [0.2, 0.25) is 0 Å². The third-order valence-electron chi connectivity index (χ3n) is 1.89. The molecule has 0 fully saturated rings. The fourth-order valence-electron chi connectivity index (χ4n) is 1.10. The Balaban J connectivity index is 3.47. The van der Waals surface area contributed by atoms with E-state index in [0.717, 1.165) is 0 Å². The van der Waals surface area contributed by atoms with Crippen LogP contribution < -0.4 is 0 Å². The fourth-order valence-corrected chi connectivity index (χ4v) is 2.06. The van der Waals surface area contributed by atoms with Crippen LogP contribution in [0.3, 0.4) is 0 Å². The Morgan fingerprint density at radius 3 is 1.89 bits per heavy atom. The van der Waals surface area contributed by atoms with E-state index in [2.05, 4.69) is 6.92 Å². The molecule has 0 amide bonds. The first kappa shape index (κ1) is 18.7. The van der Waals surface area contributed by atoms with Crippen molar-refractivity contribution in [2.45, 2.75) is 18.9 Å². The normalized spacial score (nSPS) is 14.5. The van der Waals surface area contributed by atoms with Crippen molar-refractivity contribution in [3.05, 3.63) is 6.92 Å². The quantitative estimate of drug-likeness (QED) is 0.395. The van der Waals surface area contributed by atoms with Gasteiger partial charge in [0.2, 0.25) is 0 Å². The van der Waals surface area contributed by atoms with E-state index in [9.17, 15) is 16.8 Å². The average Bonchev–Trinajstić information content (AvgIpc) is 2.21. The number of hydrogen-bond acceptors (Lipinski definition) is 6. The standard InChI is InChI=1S/C9H19O8S2/c1-9(17-5-3-7-19(13,14)15)8-16-4-2-6-18(10,11)12/h9H,1-8H2,(H,10,11,12)(H,13,14,15). The summed E-state index contributed by atoms with van der Waals surface area (Å²) in [6.07, 6.45) is -0.214. The minimum absolute atomic E-state index is 0.113. The van der Waals surface area contributed by atoms with Gasteiger partial charge in [-0.3, -0.25) is 9.11 Å². The van der Waals surface area contributed by atoms with Gasteiger partial charge in [-0.25, -0.2) is 0 Å². The molecule has 19 heavy (non-hydrogen) atoms. The van der Waals surface area contributed by atoms with Gasteiger partial charge >= 0.3 is 0 Å². The summed E-state index contributed by atoms with van der Waals surface area (Å²) in [6.45, 7) is 3.97. The first-order valence-corrected chi connectivity index (χ1v) is 8.75. The third-order valence-corrected chi connectivity index (χ3v) is 3.50. The van der Waals surface area contributed by atoms with Crippen LogP contribution in [-0.2, 0) is 29.7 Å². The van der Waals surface area contributed by atoms with Gasteiger partial charge in [0, 0.05) is 13.2 Å². The van der Waals surface area contributed by atoms with Crippen molar-refractivity contribution in [2.75, 3.05) is 31.3 Å². The van der Waals surface area contributed by atoms with Gasteiger partial charge in [0.1, 0.15) is 0 Å². The van der Waals surface area contributed by atoms with Crippen LogP contribution in [-0.4, -0.2) is 63.4 Å². The summed E-state index contributed by atoms with van der Waals surface area (Å²) in [6, 6.07) is 0. The molecule has 1 unspecified atom stereocenters. The molecule has 0 aromatic heterocycles. The fraction of sp³-hybridized carbons (Fsp3) is 0.889. The molecule has 0 rings (SSSR count). The Morgan fingerprint density at radius 1 is 0.947 bits per heavy atom. The van der Waals surface area contributed by atoms with Crippen molar-refractivity contribution in [3.63, 3.8) is 0 Å². The lowest BCUT2D eigenvalue weighted by molar-refractivity contribution is 0.00736. The second-order valence-electron chi connectivity index (χ2n) is 3.85. The Kier molecular flexibility index (Phi) is 8.70. The van der Waals surface area contributed by atoms with E-state index in [1.54, 1.807) is 0 Å². The van der Waals surface area contributed by atoms with Crippen molar-refractivity contribution in [1.29, 1.82) is 0 Å². The maximum absolute atomic E-state index is 10.4. The van der Waals surface area contributed by atoms with Crippen LogP contribution in [0.15, 0.2) is 0 Å². The molecule has 0 aromatic carbocycles. The van der Waals surface area contributed by atoms with Crippen LogP contribution in [0.5, 0.6) is 0 Å². The van der Waals surface area contributed by atoms with Crippen LogP contribution in [0.4, 0.5) is 0 Å². The van der Waals surface area contributed by atoms with Gasteiger partial charge in [-0.15, -0.1) is 0 Å². The van der Waals surface area contributed by atoms with Crippen molar-refractivity contribution >= 4 is 20.2 Å².